The predicted octanol–water partition coefficient (Wildman–Crippen LogP) is 4.39. The molecule has 3 atom stereocenters. The standard InChI is InChI=1S/C15H18F3N/c1-9-3-4-12(8-13(9)15(16,17)18)19-11-5-6-14(19)10(2)7-11/h3-4,8,10-11,14H,5-7H2,1-2H3. The van der Waals surface area contributed by atoms with Crippen molar-refractivity contribution in [1.82, 2.24) is 0 Å². The fourth-order valence-corrected chi connectivity index (χ4v) is 3.77. The van der Waals surface area contributed by atoms with Gasteiger partial charge in [-0.25, -0.2) is 0 Å². The van der Waals surface area contributed by atoms with Crippen LogP contribution in [0.25, 0.3) is 0 Å². The van der Waals surface area contributed by atoms with Crippen molar-refractivity contribution in [2.75, 3.05) is 4.90 Å². The van der Waals surface area contributed by atoms with Crippen LogP contribution in [0.2, 0.25) is 0 Å². The summed E-state index contributed by atoms with van der Waals surface area (Å²) in [6, 6.07) is 5.63. The summed E-state index contributed by atoms with van der Waals surface area (Å²) in [5.41, 5.74) is 0.551. The van der Waals surface area contributed by atoms with Crippen molar-refractivity contribution in [2.24, 2.45) is 5.92 Å². The van der Waals surface area contributed by atoms with Gasteiger partial charge in [0, 0.05) is 17.8 Å². The Morgan fingerprint density at radius 3 is 2.47 bits per heavy atom. The summed E-state index contributed by atoms with van der Waals surface area (Å²) in [6.45, 7) is 3.73. The minimum Gasteiger partial charge on any atom is -0.365 e. The first-order valence-corrected chi connectivity index (χ1v) is 6.84. The van der Waals surface area contributed by atoms with E-state index in [1.165, 1.54) is 13.0 Å². The Bertz CT molecular complexity index is 495. The quantitative estimate of drug-likeness (QED) is 0.730. The molecule has 3 unspecified atom stereocenters. The van der Waals surface area contributed by atoms with Gasteiger partial charge < -0.3 is 4.90 Å². The highest BCUT2D eigenvalue weighted by atomic mass is 19.4. The van der Waals surface area contributed by atoms with Crippen LogP contribution >= 0.6 is 0 Å². The van der Waals surface area contributed by atoms with Crippen LogP contribution in [0.3, 0.4) is 0 Å². The van der Waals surface area contributed by atoms with E-state index in [0.717, 1.165) is 24.9 Å². The molecule has 104 valence electrons. The topological polar surface area (TPSA) is 3.24 Å². The Morgan fingerprint density at radius 2 is 1.95 bits per heavy atom. The Hall–Kier alpha value is -1.19. The molecule has 2 aliphatic heterocycles. The number of anilines is 1. The smallest absolute Gasteiger partial charge is 0.365 e. The molecule has 0 spiro atoms. The molecular formula is C15H18F3N. The second-order valence-corrected chi connectivity index (χ2v) is 5.92. The van der Waals surface area contributed by atoms with Gasteiger partial charge in [-0.3, -0.25) is 0 Å². The number of fused-ring (bicyclic) bond motifs is 2. The third kappa shape index (κ3) is 2.01. The van der Waals surface area contributed by atoms with Gasteiger partial charge in [-0.1, -0.05) is 13.0 Å². The molecule has 0 saturated carbocycles. The Morgan fingerprint density at radius 1 is 1.21 bits per heavy atom. The second-order valence-electron chi connectivity index (χ2n) is 5.92. The van der Waals surface area contributed by atoms with Crippen molar-refractivity contribution in [3.8, 4) is 0 Å². The molecule has 2 bridgehead atoms. The fourth-order valence-electron chi connectivity index (χ4n) is 3.77. The lowest BCUT2D eigenvalue weighted by Crippen LogP contribution is -2.30. The van der Waals surface area contributed by atoms with Crippen LogP contribution in [0.5, 0.6) is 0 Å². The number of hydrogen-bond acceptors (Lipinski definition) is 1. The first-order chi connectivity index (χ1) is 8.88. The molecule has 0 radical (unpaired) electrons. The SMILES string of the molecule is Cc1ccc(N2C3CCC2C(C)C3)cc1C(F)(F)F. The first kappa shape index (κ1) is 12.8. The molecule has 19 heavy (non-hydrogen) atoms. The van der Waals surface area contributed by atoms with Gasteiger partial charge in [-0.15, -0.1) is 0 Å². The van der Waals surface area contributed by atoms with Gasteiger partial charge in [0.2, 0.25) is 0 Å². The van der Waals surface area contributed by atoms with Crippen molar-refractivity contribution in [3.05, 3.63) is 29.3 Å². The van der Waals surface area contributed by atoms with E-state index in [-0.39, 0.29) is 0 Å². The summed E-state index contributed by atoms with van der Waals surface area (Å²) in [4.78, 5) is 2.22. The molecular weight excluding hydrogens is 251 g/mol. The lowest BCUT2D eigenvalue weighted by atomic mass is 9.91. The van der Waals surface area contributed by atoms with Crippen LogP contribution in [-0.2, 0) is 6.18 Å². The van der Waals surface area contributed by atoms with Crippen molar-refractivity contribution in [2.45, 2.75) is 51.4 Å². The maximum absolute atomic E-state index is 13.0. The minimum absolute atomic E-state index is 0.302. The van der Waals surface area contributed by atoms with Gasteiger partial charge in [0.1, 0.15) is 0 Å². The Balaban J connectivity index is 1.99. The number of rotatable bonds is 1. The van der Waals surface area contributed by atoms with Gasteiger partial charge in [-0.2, -0.15) is 13.2 Å². The van der Waals surface area contributed by atoms with Crippen LogP contribution < -0.4 is 4.90 Å². The highest BCUT2D eigenvalue weighted by Crippen LogP contribution is 2.45. The van der Waals surface area contributed by atoms with E-state index in [9.17, 15) is 13.2 Å². The summed E-state index contributed by atoms with van der Waals surface area (Å²) >= 11 is 0. The third-order valence-electron chi connectivity index (χ3n) is 4.67. The van der Waals surface area contributed by atoms with E-state index in [4.69, 9.17) is 0 Å². The number of benzene rings is 1. The van der Waals surface area contributed by atoms with E-state index >= 15 is 0 Å². The summed E-state index contributed by atoms with van der Waals surface area (Å²) < 4.78 is 39.0. The van der Waals surface area contributed by atoms with Crippen LogP contribution in [-0.4, -0.2) is 12.1 Å². The zero-order chi connectivity index (χ0) is 13.8. The molecule has 2 aliphatic rings. The molecule has 0 aromatic heterocycles. The molecule has 0 aliphatic carbocycles. The van der Waals surface area contributed by atoms with E-state index in [1.807, 2.05) is 6.07 Å². The van der Waals surface area contributed by atoms with Crippen LogP contribution in [0.4, 0.5) is 18.9 Å². The first-order valence-electron chi connectivity index (χ1n) is 6.84. The predicted molar refractivity (Wildman–Crippen MR) is 69.3 cm³/mol. The van der Waals surface area contributed by atoms with Crippen LogP contribution in [0.15, 0.2) is 18.2 Å². The summed E-state index contributed by atoms with van der Waals surface area (Å²) in [7, 11) is 0. The Kier molecular flexibility index (Phi) is 2.80. The molecule has 2 fully saturated rings. The number of hydrogen-bond donors (Lipinski definition) is 0. The lowest BCUT2D eigenvalue weighted by Gasteiger charge is -2.26. The molecule has 2 heterocycles. The average Bonchev–Trinajstić information content (AvgIpc) is 2.84. The second kappa shape index (κ2) is 4.15. The minimum atomic E-state index is -4.26. The number of aryl methyl sites for hydroxylation is 1. The normalized spacial score (nSPS) is 30.2. The summed E-state index contributed by atoms with van der Waals surface area (Å²) in [5.74, 6) is 0.592. The molecule has 1 aromatic carbocycles. The van der Waals surface area contributed by atoms with Gasteiger partial charge in [0.15, 0.2) is 0 Å². The molecule has 3 rings (SSSR count). The zero-order valence-electron chi connectivity index (χ0n) is 11.2. The van der Waals surface area contributed by atoms with E-state index in [0.29, 0.717) is 23.6 Å². The average molecular weight is 269 g/mol. The largest absolute Gasteiger partial charge is 0.416 e. The van der Waals surface area contributed by atoms with Gasteiger partial charge in [0.25, 0.3) is 0 Å². The van der Waals surface area contributed by atoms with E-state index in [2.05, 4.69) is 11.8 Å². The zero-order valence-corrected chi connectivity index (χ0v) is 11.2. The molecule has 0 amide bonds. The maximum Gasteiger partial charge on any atom is 0.416 e. The highest BCUT2D eigenvalue weighted by molar-refractivity contribution is 5.55. The fraction of sp³-hybridized carbons (Fsp3) is 0.600. The van der Waals surface area contributed by atoms with Crippen molar-refractivity contribution in [1.29, 1.82) is 0 Å². The molecule has 0 N–H and O–H groups in total. The number of alkyl halides is 3. The van der Waals surface area contributed by atoms with E-state index < -0.39 is 11.7 Å². The third-order valence-corrected chi connectivity index (χ3v) is 4.67. The maximum atomic E-state index is 13.0. The van der Waals surface area contributed by atoms with Crippen LogP contribution in [0.1, 0.15) is 37.3 Å². The lowest BCUT2D eigenvalue weighted by molar-refractivity contribution is -0.138. The number of halogens is 3. The van der Waals surface area contributed by atoms with Crippen molar-refractivity contribution >= 4 is 5.69 Å². The Labute approximate surface area is 111 Å². The molecule has 1 aromatic rings. The summed E-state index contributed by atoms with van der Waals surface area (Å²) in [6.07, 6.45) is -0.921. The summed E-state index contributed by atoms with van der Waals surface area (Å²) in [5, 5.41) is 0. The molecule has 1 nitrogen and oxygen atoms in total. The number of nitrogens with zero attached hydrogens (tertiary/aromatic N) is 1. The van der Waals surface area contributed by atoms with Crippen molar-refractivity contribution in [3.63, 3.8) is 0 Å². The van der Waals surface area contributed by atoms with Gasteiger partial charge >= 0.3 is 6.18 Å². The molecule has 4 heteroatoms. The van der Waals surface area contributed by atoms with Gasteiger partial charge in [-0.05, 0) is 49.8 Å². The highest BCUT2D eigenvalue weighted by Gasteiger charge is 2.44. The van der Waals surface area contributed by atoms with Crippen LogP contribution in [0, 0.1) is 12.8 Å². The van der Waals surface area contributed by atoms with E-state index in [1.54, 1.807) is 6.07 Å². The monoisotopic (exact) mass is 269 g/mol. The van der Waals surface area contributed by atoms with Gasteiger partial charge in [0.05, 0.1) is 5.56 Å². The molecule has 2 saturated heterocycles. The van der Waals surface area contributed by atoms with Crippen molar-refractivity contribution < 1.29 is 13.2 Å².